The second-order valence-corrected chi connectivity index (χ2v) is 6.51. The summed E-state index contributed by atoms with van der Waals surface area (Å²) in [5, 5.41) is 0. The van der Waals surface area contributed by atoms with Crippen molar-refractivity contribution in [1.29, 1.82) is 0 Å². The quantitative estimate of drug-likeness (QED) is 0.665. The SMILES string of the molecule is CCCCCN(CCC1(N)CCCCC1)C(C)C. The van der Waals surface area contributed by atoms with E-state index in [2.05, 4.69) is 25.7 Å². The lowest BCUT2D eigenvalue weighted by Crippen LogP contribution is -2.45. The molecule has 0 spiro atoms. The van der Waals surface area contributed by atoms with Gasteiger partial charge in [-0.1, -0.05) is 39.0 Å². The lowest BCUT2D eigenvalue weighted by molar-refractivity contribution is 0.176. The largest absolute Gasteiger partial charge is 0.325 e. The van der Waals surface area contributed by atoms with Crippen molar-refractivity contribution in [1.82, 2.24) is 4.90 Å². The predicted molar refractivity (Wildman–Crippen MR) is 80.9 cm³/mol. The van der Waals surface area contributed by atoms with Gasteiger partial charge in [0.05, 0.1) is 0 Å². The van der Waals surface area contributed by atoms with Gasteiger partial charge in [0.25, 0.3) is 0 Å². The number of hydrogen-bond acceptors (Lipinski definition) is 2. The average molecular weight is 254 g/mol. The first kappa shape index (κ1) is 16.0. The summed E-state index contributed by atoms with van der Waals surface area (Å²) in [5.41, 5.74) is 6.68. The first-order valence-corrected chi connectivity index (χ1v) is 8.10. The molecule has 2 heteroatoms. The topological polar surface area (TPSA) is 29.3 Å². The zero-order valence-electron chi connectivity index (χ0n) is 12.9. The molecule has 0 radical (unpaired) electrons. The molecule has 1 fully saturated rings. The van der Waals surface area contributed by atoms with Crippen LogP contribution in [0.2, 0.25) is 0 Å². The molecule has 0 aromatic heterocycles. The Kier molecular flexibility index (Phi) is 7.25. The van der Waals surface area contributed by atoms with Crippen LogP contribution >= 0.6 is 0 Å². The summed E-state index contributed by atoms with van der Waals surface area (Å²) >= 11 is 0. The second kappa shape index (κ2) is 8.16. The second-order valence-electron chi connectivity index (χ2n) is 6.51. The van der Waals surface area contributed by atoms with E-state index >= 15 is 0 Å². The molecule has 1 aliphatic carbocycles. The van der Waals surface area contributed by atoms with Crippen molar-refractivity contribution in [2.45, 2.75) is 90.1 Å². The molecular weight excluding hydrogens is 220 g/mol. The minimum Gasteiger partial charge on any atom is -0.325 e. The monoisotopic (exact) mass is 254 g/mol. The third kappa shape index (κ3) is 5.71. The van der Waals surface area contributed by atoms with Crippen LogP contribution in [0.15, 0.2) is 0 Å². The van der Waals surface area contributed by atoms with Crippen molar-refractivity contribution in [2.75, 3.05) is 13.1 Å². The molecule has 0 saturated heterocycles. The van der Waals surface area contributed by atoms with E-state index in [1.807, 2.05) is 0 Å². The number of rotatable bonds is 8. The van der Waals surface area contributed by atoms with Crippen LogP contribution in [0, 0.1) is 0 Å². The van der Waals surface area contributed by atoms with Crippen molar-refractivity contribution >= 4 is 0 Å². The third-order valence-electron chi connectivity index (χ3n) is 4.53. The standard InChI is InChI=1S/C16H34N2/c1-4-5-9-13-18(15(2)3)14-12-16(17)10-7-6-8-11-16/h15H,4-14,17H2,1-3H3. The van der Waals surface area contributed by atoms with E-state index in [9.17, 15) is 0 Å². The number of nitrogens with two attached hydrogens (primary N) is 1. The average Bonchev–Trinajstić information content (AvgIpc) is 2.34. The Morgan fingerprint density at radius 1 is 1.06 bits per heavy atom. The molecule has 2 N–H and O–H groups in total. The zero-order valence-corrected chi connectivity index (χ0v) is 12.9. The highest BCUT2D eigenvalue weighted by Gasteiger charge is 2.27. The van der Waals surface area contributed by atoms with Gasteiger partial charge in [-0.2, -0.15) is 0 Å². The Bertz CT molecular complexity index is 207. The molecule has 108 valence electrons. The highest BCUT2D eigenvalue weighted by atomic mass is 15.1. The Morgan fingerprint density at radius 3 is 2.28 bits per heavy atom. The molecular formula is C16H34N2. The van der Waals surface area contributed by atoms with Crippen LogP contribution in [0.5, 0.6) is 0 Å². The first-order valence-electron chi connectivity index (χ1n) is 8.10. The van der Waals surface area contributed by atoms with Crippen molar-refractivity contribution < 1.29 is 0 Å². The molecule has 0 amide bonds. The summed E-state index contributed by atoms with van der Waals surface area (Å²) in [4.78, 5) is 2.62. The molecule has 0 atom stereocenters. The van der Waals surface area contributed by atoms with Gasteiger partial charge in [-0.05, 0) is 46.1 Å². The maximum absolute atomic E-state index is 6.54. The van der Waals surface area contributed by atoms with Crippen molar-refractivity contribution in [3.8, 4) is 0 Å². The minimum absolute atomic E-state index is 0.149. The molecule has 18 heavy (non-hydrogen) atoms. The van der Waals surface area contributed by atoms with E-state index < -0.39 is 0 Å². The van der Waals surface area contributed by atoms with Gasteiger partial charge < -0.3 is 10.6 Å². The van der Waals surface area contributed by atoms with Gasteiger partial charge in [0, 0.05) is 18.1 Å². The molecule has 1 saturated carbocycles. The molecule has 0 heterocycles. The maximum Gasteiger partial charge on any atom is 0.0166 e. The molecule has 0 aliphatic heterocycles. The van der Waals surface area contributed by atoms with E-state index in [1.165, 1.54) is 70.9 Å². The lowest BCUT2D eigenvalue weighted by Gasteiger charge is -2.36. The van der Waals surface area contributed by atoms with Gasteiger partial charge in [0.15, 0.2) is 0 Å². The Hall–Kier alpha value is -0.0800. The van der Waals surface area contributed by atoms with Crippen LogP contribution in [0.4, 0.5) is 0 Å². The zero-order chi connectivity index (χ0) is 13.4. The lowest BCUT2D eigenvalue weighted by atomic mass is 9.80. The predicted octanol–water partition coefficient (Wildman–Crippen LogP) is 3.94. The van der Waals surface area contributed by atoms with Crippen LogP contribution in [0.3, 0.4) is 0 Å². The highest BCUT2D eigenvalue weighted by molar-refractivity contribution is 4.88. The molecule has 1 rings (SSSR count). The minimum atomic E-state index is 0.149. The van der Waals surface area contributed by atoms with E-state index in [4.69, 9.17) is 5.73 Å². The summed E-state index contributed by atoms with van der Waals surface area (Å²) < 4.78 is 0. The molecule has 1 aliphatic rings. The van der Waals surface area contributed by atoms with E-state index in [0.29, 0.717) is 6.04 Å². The number of unbranched alkanes of at least 4 members (excludes halogenated alkanes) is 2. The van der Waals surface area contributed by atoms with Gasteiger partial charge in [0.2, 0.25) is 0 Å². The molecule has 0 unspecified atom stereocenters. The summed E-state index contributed by atoms with van der Waals surface area (Å²) in [6.07, 6.45) is 11.8. The summed E-state index contributed by atoms with van der Waals surface area (Å²) in [7, 11) is 0. The van der Waals surface area contributed by atoms with Crippen molar-refractivity contribution in [3.63, 3.8) is 0 Å². The fourth-order valence-electron chi connectivity index (χ4n) is 3.07. The van der Waals surface area contributed by atoms with Crippen LogP contribution in [0.1, 0.15) is 78.6 Å². The van der Waals surface area contributed by atoms with E-state index in [1.54, 1.807) is 0 Å². The van der Waals surface area contributed by atoms with Crippen LogP contribution < -0.4 is 5.73 Å². The Balaban J connectivity index is 2.31. The normalized spacial score (nSPS) is 19.7. The summed E-state index contributed by atoms with van der Waals surface area (Å²) in [6, 6.07) is 0.661. The number of nitrogens with zero attached hydrogens (tertiary/aromatic N) is 1. The molecule has 2 nitrogen and oxygen atoms in total. The molecule has 0 aromatic rings. The van der Waals surface area contributed by atoms with E-state index in [-0.39, 0.29) is 5.54 Å². The van der Waals surface area contributed by atoms with Crippen molar-refractivity contribution in [2.24, 2.45) is 5.73 Å². The smallest absolute Gasteiger partial charge is 0.0166 e. The van der Waals surface area contributed by atoms with Gasteiger partial charge >= 0.3 is 0 Å². The summed E-state index contributed by atoms with van der Waals surface area (Å²) in [5.74, 6) is 0. The van der Waals surface area contributed by atoms with Crippen LogP contribution in [0.25, 0.3) is 0 Å². The van der Waals surface area contributed by atoms with Gasteiger partial charge in [-0.25, -0.2) is 0 Å². The Morgan fingerprint density at radius 2 is 1.72 bits per heavy atom. The van der Waals surface area contributed by atoms with Crippen LogP contribution in [-0.2, 0) is 0 Å². The third-order valence-corrected chi connectivity index (χ3v) is 4.53. The Labute approximate surface area is 114 Å². The maximum atomic E-state index is 6.54. The molecule has 0 bridgehead atoms. The first-order chi connectivity index (χ1) is 8.57. The fraction of sp³-hybridized carbons (Fsp3) is 1.00. The van der Waals surface area contributed by atoms with E-state index in [0.717, 1.165) is 0 Å². The highest BCUT2D eigenvalue weighted by Crippen LogP contribution is 2.29. The van der Waals surface area contributed by atoms with Crippen molar-refractivity contribution in [3.05, 3.63) is 0 Å². The van der Waals surface area contributed by atoms with Gasteiger partial charge in [-0.3, -0.25) is 0 Å². The summed E-state index contributed by atoms with van der Waals surface area (Å²) in [6.45, 7) is 9.35. The fourth-order valence-corrected chi connectivity index (χ4v) is 3.07. The number of hydrogen-bond donors (Lipinski definition) is 1. The van der Waals surface area contributed by atoms with Crippen LogP contribution in [-0.4, -0.2) is 29.6 Å². The van der Waals surface area contributed by atoms with Gasteiger partial charge in [-0.15, -0.1) is 0 Å². The van der Waals surface area contributed by atoms with Gasteiger partial charge in [0.1, 0.15) is 0 Å². The molecule has 0 aromatic carbocycles.